The SMILES string of the molecule is CCC(CC)N(CCCN(C)C)S(=O)(=O)c1ccc(-n2[nH]cc(Cc3ccccc3)c2=O)nc1. The molecule has 0 saturated heterocycles. The molecule has 0 fully saturated rings. The molecule has 0 radical (unpaired) electrons. The zero-order valence-electron chi connectivity index (χ0n) is 20.4. The van der Waals surface area contributed by atoms with Crippen molar-refractivity contribution >= 4 is 10.0 Å². The molecule has 0 aliphatic rings. The van der Waals surface area contributed by atoms with Crippen molar-refractivity contribution < 1.29 is 8.42 Å². The fourth-order valence-corrected chi connectivity index (χ4v) is 5.81. The monoisotopic (exact) mass is 485 g/mol. The number of sulfonamides is 1. The topological polar surface area (TPSA) is 91.3 Å². The quantitative estimate of drug-likeness (QED) is 0.425. The highest BCUT2D eigenvalue weighted by atomic mass is 32.2. The first-order valence-electron chi connectivity index (χ1n) is 11.7. The molecule has 2 heterocycles. The summed E-state index contributed by atoms with van der Waals surface area (Å²) in [6.45, 7) is 5.28. The maximum absolute atomic E-state index is 13.5. The number of hydrogen-bond acceptors (Lipinski definition) is 5. The van der Waals surface area contributed by atoms with Crippen LogP contribution >= 0.6 is 0 Å². The maximum Gasteiger partial charge on any atom is 0.276 e. The molecule has 0 saturated carbocycles. The van der Waals surface area contributed by atoms with Gasteiger partial charge in [0.05, 0.1) is 0 Å². The van der Waals surface area contributed by atoms with Crippen molar-refractivity contribution in [2.75, 3.05) is 27.2 Å². The van der Waals surface area contributed by atoms with Crippen molar-refractivity contribution in [3.8, 4) is 5.82 Å². The van der Waals surface area contributed by atoms with Gasteiger partial charge in [0.25, 0.3) is 5.56 Å². The Hall–Kier alpha value is -2.75. The second-order valence-corrected chi connectivity index (χ2v) is 10.6. The van der Waals surface area contributed by atoms with E-state index in [1.807, 2.05) is 63.2 Å². The zero-order valence-corrected chi connectivity index (χ0v) is 21.3. The predicted molar refractivity (Wildman–Crippen MR) is 135 cm³/mol. The van der Waals surface area contributed by atoms with E-state index in [0.717, 1.165) is 31.4 Å². The number of aromatic nitrogens is 3. The Kier molecular flexibility index (Phi) is 8.82. The lowest BCUT2D eigenvalue weighted by atomic mass is 10.1. The summed E-state index contributed by atoms with van der Waals surface area (Å²) in [6.07, 6.45) is 5.75. The first kappa shape index (κ1) is 25.9. The van der Waals surface area contributed by atoms with Gasteiger partial charge in [-0.05, 0) is 57.6 Å². The van der Waals surface area contributed by atoms with Gasteiger partial charge in [0, 0.05) is 37.0 Å². The van der Waals surface area contributed by atoms with E-state index in [1.165, 1.54) is 16.9 Å². The molecule has 0 aliphatic heterocycles. The molecule has 9 heteroatoms. The molecule has 0 amide bonds. The van der Waals surface area contributed by atoms with Crippen molar-refractivity contribution in [3.63, 3.8) is 0 Å². The Bertz CT molecular complexity index is 1200. The van der Waals surface area contributed by atoms with E-state index in [2.05, 4.69) is 10.1 Å². The third-order valence-corrected chi connectivity index (χ3v) is 7.91. The molecule has 0 bridgehead atoms. The van der Waals surface area contributed by atoms with Gasteiger partial charge in [-0.1, -0.05) is 44.2 Å². The van der Waals surface area contributed by atoms with Gasteiger partial charge in [0.15, 0.2) is 5.82 Å². The normalized spacial score (nSPS) is 12.2. The van der Waals surface area contributed by atoms with E-state index in [1.54, 1.807) is 16.6 Å². The maximum atomic E-state index is 13.5. The molecular formula is C25H35N5O3S. The molecule has 2 aromatic heterocycles. The van der Waals surface area contributed by atoms with Crippen LogP contribution in [0.5, 0.6) is 0 Å². The van der Waals surface area contributed by atoms with Gasteiger partial charge < -0.3 is 4.90 Å². The van der Waals surface area contributed by atoms with E-state index in [4.69, 9.17) is 0 Å². The number of nitrogens with zero attached hydrogens (tertiary/aromatic N) is 4. The number of H-pyrrole nitrogens is 1. The van der Waals surface area contributed by atoms with Gasteiger partial charge in [0.1, 0.15) is 4.90 Å². The van der Waals surface area contributed by atoms with E-state index in [9.17, 15) is 13.2 Å². The first-order valence-corrected chi connectivity index (χ1v) is 13.2. The number of nitrogens with one attached hydrogen (secondary N) is 1. The van der Waals surface area contributed by atoms with Crippen LogP contribution in [0, 0.1) is 0 Å². The van der Waals surface area contributed by atoms with Crippen LogP contribution in [0.1, 0.15) is 44.2 Å². The summed E-state index contributed by atoms with van der Waals surface area (Å²) >= 11 is 0. The molecule has 34 heavy (non-hydrogen) atoms. The summed E-state index contributed by atoms with van der Waals surface area (Å²) in [7, 11) is 0.245. The van der Waals surface area contributed by atoms with Crippen molar-refractivity contribution in [1.82, 2.24) is 24.0 Å². The number of benzene rings is 1. The summed E-state index contributed by atoms with van der Waals surface area (Å²) in [6, 6.07) is 12.8. The molecular weight excluding hydrogens is 450 g/mol. The minimum absolute atomic E-state index is 0.0709. The molecule has 0 unspecified atom stereocenters. The summed E-state index contributed by atoms with van der Waals surface area (Å²) in [5, 5.41) is 2.94. The van der Waals surface area contributed by atoms with Crippen LogP contribution in [-0.4, -0.2) is 65.6 Å². The summed E-state index contributed by atoms with van der Waals surface area (Å²) in [5.41, 5.74) is 1.45. The van der Waals surface area contributed by atoms with Crippen LogP contribution in [0.15, 0.2) is 64.5 Å². The van der Waals surface area contributed by atoms with E-state index in [-0.39, 0.29) is 16.5 Å². The molecule has 3 rings (SSSR count). The minimum atomic E-state index is -3.71. The molecule has 0 aliphatic carbocycles. The fourth-order valence-electron chi connectivity index (χ4n) is 4.05. The highest BCUT2D eigenvalue weighted by Gasteiger charge is 2.29. The molecule has 1 N–H and O–H groups in total. The Balaban J connectivity index is 1.83. The predicted octanol–water partition coefficient (Wildman–Crippen LogP) is 3.28. The fraction of sp³-hybridized carbons (Fsp3) is 0.440. The smallest absolute Gasteiger partial charge is 0.276 e. The van der Waals surface area contributed by atoms with Crippen molar-refractivity contribution in [3.05, 3.63) is 76.3 Å². The van der Waals surface area contributed by atoms with Crippen LogP contribution in [0.3, 0.4) is 0 Å². The molecule has 1 aromatic carbocycles. The van der Waals surface area contributed by atoms with Crippen molar-refractivity contribution in [2.45, 2.75) is 50.5 Å². The lowest BCUT2D eigenvalue weighted by Crippen LogP contribution is -2.41. The lowest BCUT2D eigenvalue weighted by Gasteiger charge is -2.30. The molecule has 184 valence electrons. The highest BCUT2D eigenvalue weighted by Crippen LogP contribution is 2.22. The molecule has 0 spiro atoms. The van der Waals surface area contributed by atoms with Gasteiger partial charge in [-0.3, -0.25) is 9.89 Å². The van der Waals surface area contributed by atoms with Crippen LogP contribution in [0.2, 0.25) is 0 Å². The van der Waals surface area contributed by atoms with Gasteiger partial charge in [-0.2, -0.15) is 4.31 Å². The van der Waals surface area contributed by atoms with Gasteiger partial charge in [0.2, 0.25) is 10.0 Å². The highest BCUT2D eigenvalue weighted by molar-refractivity contribution is 7.89. The van der Waals surface area contributed by atoms with Gasteiger partial charge in [-0.25, -0.2) is 18.1 Å². The molecule has 8 nitrogen and oxygen atoms in total. The van der Waals surface area contributed by atoms with E-state index >= 15 is 0 Å². The van der Waals surface area contributed by atoms with Gasteiger partial charge in [-0.15, -0.1) is 0 Å². The van der Waals surface area contributed by atoms with Crippen LogP contribution < -0.4 is 5.56 Å². The number of hydrogen-bond donors (Lipinski definition) is 1. The average molecular weight is 486 g/mol. The summed E-state index contributed by atoms with van der Waals surface area (Å²) < 4.78 is 29.9. The van der Waals surface area contributed by atoms with Crippen molar-refractivity contribution in [1.29, 1.82) is 0 Å². The Morgan fingerprint density at radius 3 is 2.32 bits per heavy atom. The summed E-state index contributed by atoms with van der Waals surface area (Å²) in [5.74, 6) is 0.352. The Morgan fingerprint density at radius 2 is 1.74 bits per heavy atom. The third-order valence-electron chi connectivity index (χ3n) is 5.97. The van der Waals surface area contributed by atoms with E-state index < -0.39 is 10.0 Å². The largest absolute Gasteiger partial charge is 0.309 e. The first-order chi connectivity index (χ1) is 16.3. The number of rotatable bonds is 12. The third kappa shape index (κ3) is 6.02. The minimum Gasteiger partial charge on any atom is -0.309 e. The van der Waals surface area contributed by atoms with Crippen LogP contribution in [0.4, 0.5) is 0 Å². The molecule has 3 aromatic rings. The van der Waals surface area contributed by atoms with Gasteiger partial charge >= 0.3 is 0 Å². The van der Waals surface area contributed by atoms with E-state index in [0.29, 0.717) is 24.3 Å². The standard InChI is InChI=1S/C25H35N5O3S/c1-5-22(6-2)29(16-10-15-28(3)4)34(32,33)23-13-14-24(26-19-23)30-25(31)21(18-27-30)17-20-11-8-7-9-12-20/h7-9,11-14,18-19,22,27H,5-6,10,15-17H2,1-4H3. The lowest BCUT2D eigenvalue weighted by molar-refractivity contribution is 0.283. The Labute approximate surface area is 202 Å². The number of pyridine rings is 1. The van der Waals surface area contributed by atoms with Crippen LogP contribution in [-0.2, 0) is 16.4 Å². The van der Waals surface area contributed by atoms with Crippen LogP contribution in [0.25, 0.3) is 5.82 Å². The second-order valence-electron chi connectivity index (χ2n) is 8.70. The number of aromatic amines is 1. The van der Waals surface area contributed by atoms with Crippen molar-refractivity contribution in [2.24, 2.45) is 0 Å². The Morgan fingerprint density at radius 1 is 1.03 bits per heavy atom. The second kappa shape index (κ2) is 11.6. The molecule has 0 atom stereocenters. The zero-order chi connectivity index (χ0) is 24.7. The average Bonchev–Trinajstić information content (AvgIpc) is 3.19. The summed E-state index contributed by atoms with van der Waals surface area (Å²) in [4.78, 5) is 19.4.